The summed E-state index contributed by atoms with van der Waals surface area (Å²) in [6.07, 6.45) is 1.68. The molecule has 0 heteroatoms. The number of benzene rings is 10. The minimum Gasteiger partial charge on any atom is -0.0622 e. The second-order valence-corrected chi connectivity index (χ2v) is 14.7. The van der Waals surface area contributed by atoms with Gasteiger partial charge in [-0.25, -0.2) is 0 Å². The van der Waals surface area contributed by atoms with Crippen molar-refractivity contribution in [2.75, 3.05) is 0 Å². The summed E-state index contributed by atoms with van der Waals surface area (Å²) in [6.45, 7) is 0. The lowest BCUT2D eigenvalue weighted by Crippen LogP contribution is -2.14. The van der Waals surface area contributed by atoms with E-state index in [4.69, 9.17) is 0 Å². The van der Waals surface area contributed by atoms with Crippen LogP contribution in [0.5, 0.6) is 0 Å². The van der Waals surface area contributed by atoms with E-state index in [0.717, 1.165) is 12.8 Å². The number of fused-ring (bicyclic) bond motifs is 6. The Labute approximate surface area is 315 Å². The fraction of sp³-hybridized carbons (Fsp3) is 0.0370. The normalized spacial score (nSPS) is 12.3. The Bertz CT molecular complexity index is 2630. The van der Waals surface area contributed by atoms with Gasteiger partial charge in [-0.2, -0.15) is 0 Å². The second-order valence-electron chi connectivity index (χ2n) is 14.7. The third-order valence-electron chi connectivity index (χ3n) is 11.7. The molecule has 0 unspecified atom stereocenters. The maximum atomic E-state index is 2.45. The van der Waals surface area contributed by atoms with Crippen LogP contribution in [0.2, 0.25) is 0 Å². The van der Waals surface area contributed by atoms with Crippen LogP contribution in [0.15, 0.2) is 194 Å². The van der Waals surface area contributed by atoms with Gasteiger partial charge in [0, 0.05) is 0 Å². The number of hydrogen-bond donors (Lipinski definition) is 0. The van der Waals surface area contributed by atoms with E-state index >= 15 is 0 Å². The van der Waals surface area contributed by atoms with Crippen molar-refractivity contribution in [2.45, 2.75) is 12.8 Å². The molecule has 0 aromatic heterocycles. The quantitative estimate of drug-likeness (QED) is 0.162. The SMILES string of the molecule is c1ccc(-c2c3c(c(-c4ccccc4)c4cc5ccccc5cc24)Cc2c(c(-c4ccccc4)c4cc5ccccc5cc4c2-c2ccccc2)C3)cc1. The average Bonchev–Trinajstić information content (AvgIpc) is 3.24. The number of hydrogen-bond acceptors (Lipinski definition) is 0. The summed E-state index contributed by atoms with van der Waals surface area (Å²) in [5.41, 5.74) is 16.3. The van der Waals surface area contributed by atoms with Crippen molar-refractivity contribution in [3.05, 3.63) is 216 Å². The van der Waals surface area contributed by atoms with E-state index < -0.39 is 0 Å². The molecule has 0 nitrogen and oxygen atoms in total. The van der Waals surface area contributed by atoms with Crippen molar-refractivity contribution in [3.8, 4) is 44.5 Å². The van der Waals surface area contributed by atoms with Crippen molar-refractivity contribution in [3.63, 3.8) is 0 Å². The maximum Gasteiger partial charge on any atom is -0.000685 e. The number of rotatable bonds is 4. The summed E-state index contributed by atoms with van der Waals surface area (Å²) in [6, 6.07) is 72.0. The highest BCUT2D eigenvalue weighted by molar-refractivity contribution is 6.16. The molecule has 0 bridgehead atoms. The van der Waals surface area contributed by atoms with Gasteiger partial charge in [0.15, 0.2) is 0 Å². The smallest absolute Gasteiger partial charge is 0.000685 e. The van der Waals surface area contributed by atoms with Gasteiger partial charge >= 0.3 is 0 Å². The van der Waals surface area contributed by atoms with Crippen molar-refractivity contribution < 1.29 is 0 Å². The van der Waals surface area contributed by atoms with Crippen LogP contribution in [0.3, 0.4) is 0 Å². The van der Waals surface area contributed by atoms with E-state index in [0.29, 0.717) is 0 Å². The third kappa shape index (κ3) is 4.84. The molecule has 1 aliphatic rings. The van der Waals surface area contributed by atoms with E-state index in [1.54, 1.807) is 0 Å². The van der Waals surface area contributed by atoms with Crippen molar-refractivity contribution in [1.29, 1.82) is 0 Å². The summed E-state index contributed by atoms with van der Waals surface area (Å²) in [7, 11) is 0. The molecule has 0 heterocycles. The lowest BCUT2D eigenvalue weighted by Gasteiger charge is -2.32. The Morgan fingerprint density at radius 1 is 0.222 bits per heavy atom. The van der Waals surface area contributed by atoms with Crippen molar-refractivity contribution >= 4 is 43.1 Å². The molecule has 0 spiro atoms. The average molecular weight is 685 g/mol. The predicted molar refractivity (Wildman–Crippen MR) is 230 cm³/mol. The molecule has 252 valence electrons. The van der Waals surface area contributed by atoms with Crippen LogP contribution in [0.4, 0.5) is 0 Å². The fourth-order valence-corrected chi connectivity index (χ4v) is 9.43. The van der Waals surface area contributed by atoms with Gasteiger partial charge in [0.05, 0.1) is 0 Å². The summed E-state index contributed by atoms with van der Waals surface area (Å²) in [4.78, 5) is 0. The summed E-state index contributed by atoms with van der Waals surface area (Å²) >= 11 is 0. The maximum absolute atomic E-state index is 2.45. The zero-order valence-electron chi connectivity index (χ0n) is 29.9. The van der Waals surface area contributed by atoms with Gasteiger partial charge in [-0.15, -0.1) is 0 Å². The summed E-state index contributed by atoms with van der Waals surface area (Å²) in [5.74, 6) is 0. The summed E-state index contributed by atoms with van der Waals surface area (Å²) < 4.78 is 0. The highest BCUT2D eigenvalue weighted by Gasteiger charge is 2.31. The van der Waals surface area contributed by atoms with Crippen LogP contribution in [0, 0.1) is 0 Å². The van der Waals surface area contributed by atoms with Gasteiger partial charge in [0.1, 0.15) is 0 Å². The molecule has 0 radical (unpaired) electrons. The molecule has 54 heavy (non-hydrogen) atoms. The molecular formula is C54H36. The van der Waals surface area contributed by atoms with E-state index in [-0.39, 0.29) is 0 Å². The highest BCUT2D eigenvalue weighted by atomic mass is 14.3. The Kier molecular flexibility index (Phi) is 7.10. The molecule has 10 aromatic carbocycles. The Balaban J connectivity index is 1.34. The minimum atomic E-state index is 0.838. The zero-order chi connectivity index (χ0) is 35.6. The van der Waals surface area contributed by atoms with Crippen LogP contribution < -0.4 is 0 Å². The first-order valence-corrected chi connectivity index (χ1v) is 19.0. The van der Waals surface area contributed by atoms with Gasteiger partial charge in [-0.3, -0.25) is 0 Å². The van der Waals surface area contributed by atoms with Crippen LogP contribution in [0.25, 0.3) is 87.6 Å². The largest absolute Gasteiger partial charge is 0.0622 e. The first kappa shape index (κ1) is 30.8. The summed E-state index contributed by atoms with van der Waals surface area (Å²) in [5, 5.41) is 10.3. The lowest BCUT2D eigenvalue weighted by atomic mass is 9.71. The second kappa shape index (κ2) is 12.4. The minimum absolute atomic E-state index is 0.838. The van der Waals surface area contributed by atoms with Gasteiger partial charge in [-0.05, 0) is 147 Å². The molecule has 11 rings (SSSR count). The van der Waals surface area contributed by atoms with Crippen molar-refractivity contribution in [1.82, 2.24) is 0 Å². The molecule has 0 fully saturated rings. The molecule has 0 atom stereocenters. The van der Waals surface area contributed by atoms with E-state index in [2.05, 4.69) is 194 Å². The molecule has 1 aliphatic carbocycles. The molecule has 0 saturated carbocycles. The van der Waals surface area contributed by atoms with Crippen molar-refractivity contribution in [2.24, 2.45) is 0 Å². The van der Waals surface area contributed by atoms with Crippen LogP contribution in [-0.4, -0.2) is 0 Å². The van der Waals surface area contributed by atoms with Crippen LogP contribution >= 0.6 is 0 Å². The topological polar surface area (TPSA) is 0 Å². The monoisotopic (exact) mass is 684 g/mol. The standard InChI is InChI=1S/C54H36/c1-5-17-35(18-6-1)51-43-29-39-25-13-14-26-40(39)30-44(43)52(36-19-7-2-8-20-36)48-34-50-49(33-47(48)51)53(37-21-9-3-10-22-37)45-31-41-27-15-16-28-42(41)32-46(45)54(50)38-23-11-4-12-24-38/h1-32H,33-34H2. The van der Waals surface area contributed by atoms with E-state index in [1.807, 2.05) is 0 Å². The Morgan fingerprint density at radius 2 is 0.426 bits per heavy atom. The molecule has 10 aromatic rings. The first-order valence-electron chi connectivity index (χ1n) is 19.0. The zero-order valence-corrected chi connectivity index (χ0v) is 29.9. The molecular weight excluding hydrogens is 649 g/mol. The molecule has 0 saturated heterocycles. The van der Waals surface area contributed by atoms with E-state index in [9.17, 15) is 0 Å². The van der Waals surface area contributed by atoms with Gasteiger partial charge in [-0.1, -0.05) is 170 Å². The van der Waals surface area contributed by atoms with Gasteiger partial charge in [0.2, 0.25) is 0 Å². The predicted octanol–water partition coefficient (Wildman–Crippen LogP) is 14.5. The Morgan fingerprint density at radius 3 is 0.648 bits per heavy atom. The van der Waals surface area contributed by atoms with Gasteiger partial charge < -0.3 is 0 Å². The third-order valence-corrected chi connectivity index (χ3v) is 11.7. The Hall–Kier alpha value is -6.76. The molecule has 0 N–H and O–H groups in total. The lowest BCUT2D eigenvalue weighted by molar-refractivity contribution is 1.02. The molecule has 0 amide bonds. The van der Waals surface area contributed by atoms with E-state index in [1.165, 1.54) is 110 Å². The van der Waals surface area contributed by atoms with Crippen LogP contribution in [0.1, 0.15) is 22.3 Å². The van der Waals surface area contributed by atoms with Gasteiger partial charge in [0.25, 0.3) is 0 Å². The molecule has 0 aliphatic heterocycles. The fourth-order valence-electron chi connectivity index (χ4n) is 9.43. The highest BCUT2D eigenvalue weighted by Crippen LogP contribution is 2.52. The first-order chi connectivity index (χ1) is 26.8. The van der Waals surface area contributed by atoms with Crippen LogP contribution in [-0.2, 0) is 12.8 Å².